The van der Waals surface area contributed by atoms with Crippen molar-refractivity contribution >= 4 is 23.6 Å². The van der Waals surface area contributed by atoms with E-state index < -0.39 is 5.97 Å². The van der Waals surface area contributed by atoms with Gasteiger partial charge in [0.05, 0.1) is 0 Å². The summed E-state index contributed by atoms with van der Waals surface area (Å²) in [6.07, 6.45) is 3.64. The Hall–Kier alpha value is -1.28. The Labute approximate surface area is 93.2 Å². The molecule has 0 fully saturated rings. The van der Waals surface area contributed by atoms with Gasteiger partial charge in [-0.2, -0.15) is 0 Å². The van der Waals surface area contributed by atoms with Crippen LogP contribution in [0.4, 0.5) is 0 Å². The zero-order valence-corrected chi connectivity index (χ0v) is 8.92. The fourth-order valence-electron chi connectivity index (χ4n) is 1.82. The summed E-state index contributed by atoms with van der Waals surface area (Å²) in [5.74, 6) is -0.752. The topological polar surface area (TPSA) is 37.3 Å². The van der Waals surface area contributed by atoms with E-state index in [0.29, 0.717) is 6.42 Å². The molecule has 78 valence electrons. The largest absolute Gasteiger partial charge is 0.481 e. The number of carbonyl (C=O) groups is 1. The molecule has 0 atom stereocenters. The molecule has 0 aliphatic heterocycles. The zero-order chi connectivity index (χ0) is 10.8. The number of carboxylic acids is 1. The highest BCUT2D eigenvalue weighted by Crippen LogP contribution is 2.32. The molecule has 0 spiro atoms. The Bertz CT molecular complexity index is 435. The molecule has 0 saturated carbocycles. The lowest BCUT2D eigenvalue weighted by atomic mass is 10.1. The van der Waals surface area contributed by atoms with Gasteiger partial charge >= 0.3 is 5.97 Å². The maximum atomic E-state index is 10.4. The Kier molecular flexibility index (Phi) is 2.78. The van der Waals surface area contributed by atoms with E-state index in [1.807, 2.05) is 24.3 Å². The van der Waals surface area contributed by atoms with E-state index in [1.54, 1.807) is 0 Å². The minimum Gasteiger partial charge on any atom is -0.481 e. The summed E-state index contributed by atoms with van der Waals surface area (Å²) in [6, 6.07) is 5.79. The summed E-state index contributed by atoms with van der Waals surface area (Å²) >= 11 is 6.05. The van der Waals surface area contributed by atoms with Gasteiger partial charge in [0, 0.05) is 11.4 Å². The minimum absolute atomic E-state index is 0.192. The maximum absolute atomic E-state index is 10.4. The molecule has 0 bridgehead atoms. The third kappa shape index (κ3) is 2.21. The molecule has 0 saturated heterocycles. The lowest BCUT2D eigenvalue weighted by Crippen LogP contribution is -1.95. The van der Waals surface area contributed by atoms with Crippen LogP contribution in [0.3, 0.4) is 0 Å². The van der Waals surface area contributed by atoms with Crippen LogP contribution in [0.5, 0.6) is 0 Å². The standard InChI is InChI=1S/C12H11ClO2/c13-11-3-1-2-9-6-8(7-10(9)11)4-5-12(14)15/h1-3,6H,4-5,7H2,(H,14,15). The molecule has 0 radical (unpaired) electrons. The molecule has 1 aliphatic carbocycles. The third-order valence-corrected chi connectivity index (χ3v) is 2.93. The molecule has 1 aromatic rings. The van der Waals surface area contributed by atoms with Gasteiger partial charge in [0.2, 0.25) is 0 Å². The lowest BCUT2D eigenvalue weighted by Gasteiger charge is -2.01. The van der Waals surface area contributed by atoms with Crippen molar-refractivity contribution in [3.63, 3.8) is 0 Å². The van der Waals surface area contributed by atoms with Gasteiger partial charge in [-0.1, -0.05) is 35.4 Å². The fraction of sp³-hybridized carbons (Fsp3) is 0.250. The molecule has 2 nitrogen and oxygen atoms in total. The first-order valence-corrected chi connectivity index (χ1v) is 5.23. The summed E-state index contributed by atoms with van der Waals surface area (Å²) in [4.78, 5) is 10.4. The molecule has 1 aliphatic rings. The highest BCUT2D eigenvalue weighted by Gasteiger charge is 2.15. The highest BCUT2D eigenvalue weighted by molar-refractivity contribution is 6.31. The van der Waals surface area contributed by atoms with Crippen LogP contribution in [0, 0.1) is 0 Å². The smallest absolute Gasteiger partial charge is 0.303 e. The summed E-state index contributed by atoms with van der Waals surface area (Å²) in [5, 5.41) is 9.36. The average Bonchev–Trinajstić information content (AvgIpc) is 2.59. The molecule has 2 rings (SSSR count). The second-order valence-electron chi connectivity index (χ2n) is 3.68. The molecule has 0 unspecified atom stereocenters. The predicted molar refractivity (Wildman–Crippen MR) is 60.0 cm³/mol. The Morgan fingerprint density at radius 2 is 2.27 bits per heavy atom. The lowest BCUT2D eigenvalue weighted by molar-refractivity contribution is -0.136. The first-order chi connectivity index (χ1) is 7.16. The van der Waals surface area contributed by atoms with E-state index >= 15 is 0 Å². The number of fused-ring (bicyclic) bond motifs is 1. The fourth-order valence-corrected chi connectivity index (χ4v) is 2.07. The van der Waals surface area contributed by atoms with E-state index in [0.717, 1.165) is 28.1 Å². The minimum atomic E-state index is -0.752. The second kappa shape index (κ2) is 4.07. The number of rotatable bonds is 3. The Morgan fingerprint density at radius 3 is 2.93 bits per heavy atom. The van der Waals surface area contributed by atoms with Crippen molar-refractivity contribution in [3.8, 4) is 0 Å². The van der Waals surface area contributed by atoms with Gasteiger partial charge < -0.3 is 5.11 Å². The van der Waals surface area contributed by atoms with Gasteiger partial charge in [-0.25, -0.2) is 0 Å². The van der Waals surface area contributed by atoms with Crippen LogP contribution in [0.25, 0.3) is 6.08 Å². The van der Waals surface area contributed by atoms with Gasteiger partial charge in [0.25, 0.3) is 0 Å². The zero-order valence-electron chi connectivity index (χ0n) is 8.16. The number of allylic oxidation sites excluding steroid dienone is 1. The van der Waals surface area contributed by atoms with Crippen LogP contribution in [-0.2, 0) is 11.2 Å². The molecule has 0 heterocycles. The number of halogens is 1. The summed E-state index contributed by atoms with van der Waals surface area (Å²) in [6.45, 7) is 0. The van der Waals surface area contributed by atoms with Gasteiger partial charge in [-0.15, -0.1) is 0 Å². The van der Waals surface area contributed by atoms with Crippen LogP contribution in [0.2, 0.25) is 5.02 Å². The quantitative estimate of drug-likeness (QED) is 0.853. The van der Waals surface area contributed by atoms with Crippen LogP contribution in [0.15, 0.2) is 23.8 Å². The Balaban J connectivity index is 2.12. The Morgan fingerprint density at radius 1 is 1.47 bits per heavy atom. The molecule has 1 aromatic carbocycles. The molecule has 1 N–H and O–H groups in total. The van der Waals surface area contributed by atoms with E-state index in [-0.39, 0.29) is 6.42 Å². The van der Waals surface area contributed by atoms with Crippen LogP contribution in [0.1, 0.15) is 24.0 Å². The summed E-state index contributed by atoms with van der Waals surface area (Å²) < 4.78 is 0. The average molecular weight is 223 g/mol. The van der Waals surface area contributed by atoms with Crippen molar-refractivity contribution in [2.45, 2.75) is 19.3 Å². The first kappa shape index (κ1) is 10.2. The van der Waals surface area contributed by atoms with Gasteiger partial charge in [0.1, 0.15) is 0 Å². The first-order valence-electron chi connectivity index (χ1n) is 4.85. The predicted octanol–water partition coefficient (Wildman–Crippen LogP) is 3.14. The van der Waals surface area contributed by atoms with E-state index in [4.69, 9.17) is 16.7 Å². The maximum Gasteiger partial charge on any atom is 0.303 e. The monoisotopic (exact) mass is 222 g/mol. The normalized spacial score (nSPS) is 13.5. The number of hydrogen-bond acceptors (Lipinski definition) is 1. The van der Waals surface area contributed by atoms with E-state index in [1.165, 1.54) is 0 Å². The van der Waals surface area contributed by atoms with E-state index in [2.05, 4.69) is 0 Å². The summed E-state index contributed by atoms with van der Waals surface area (Å²) in [5.41, 5.74) is 3.41. The molecule has 0 amide bonds. The van der Waals surface area contributed by atoms with Crippen molar-refractivity contribution in [2.75, 3.05) is 0 Å². The third-order valence-electron chi connectivity index (χ3n) is 2.58. The van der Waals surface area contributed by atoms with Crippen LogP contribution >= 0.6 is 11.6 Å². The second-order valence-corrected chi connectivity index (χ2v) is 4.09. The van der Waals surface area contributed by atoms with E-state index in [9.17, 15) is 4.79 Å². The van der Waals surface area contributed by atoms with Crippen molar-refractivity contribution in [3.05, 3.63) is 39.9 Å². The SMILES string of the molecule is O=C(O)CCC1=Cc2cccc(Cl)c2C1. The molecular weight excluding hydrogens is 212 g/mol. The van der Waals surface area contributed by atoms with Gasteiger partial charge in [0.15, 0.2) is 0 Å². The van der Waals surface area contributed by atoms with Gasteiger partial charge in [-0.3, -0.25) is 4.79 Å². The van der Waals surface area contributed by atoms with Crippen molar-refractivity contribution < 1.29 is 9.90 Å². The number of hydrogen-bond donors (Lipinski definition) is 1. The van der Waals surface area contributed by atoms with Crippen LogP contribution < -0.4 is 0 Å². The van der Waals surface area contributed by atoms with Crippen LogP contribution in [-0.4, -0.2) is 11.1 Å². The number of aliphatic carboxylic acids is 1. The number of carboxylic acid groups (broad SMARTS) is 1. The van der Waals surface area contributed by atoms with Crippen molar-refractivity contribution in [1.29, 1.82) is 0 Å². The molecule has 15 heavy (non-hydrogen) atoms. The molecular formula is C12H11ClO2. The highest BCUT2D eigenvalue weighted by atomic mass is 35.5. The number of benzene rings is 1. The van der Waals surface area contributed by atoms with Gasteiger partial charge in [-0.05, 0) is 30.0 Å². The molecule has 0 aromatic heterocycles. The summed E-state index contributed by atoms with van der Waals surface area (Å²) in [7, 11) is 0. The molecule has 3 heteroatoms. The van der Waals surface area contributed by atoms with Crippen molar-refractivity contribution in [1.82, 2.24) is 0 Å². The van der Waals surface area contributed by atoms with Crippen molar-refractivity contribution in [2.24, 2.45) is 0 Å².